The quantitative estimate of drug-likeness (QED) is 0.772. The predicted molar refractivity (Wildman–Crippen MR) is 89.6 cm³/mol. The summed E-state index contributed by atoms with van der Waals surface area (Å²) in [5.74, 6) is 0.818. The summed E-state index contributed by atoms with van der Waals surface area (Å²) in [5, 5.41) is 8.53. The SMILES string of the molecule is CCCNC1CCCC(Cc2ccn(C(CC)CC)n2)C1. The van der Waals surface area contributed by atoms with E-state index in [2.05, 4.69) is 43.0 Å². The molecule has 1 N–H and O–H groups in total. The van der Waals surface area contributed by atoms with Gasteiger partial charge in [0.1, 0.15) is 0 Å². The Balaban J connectivity index is 1.86. The maximum atomic E-state index is 4.83. The molecule has 1 heterocycles. The van der Waals surface area contributed by atoms with E-state index in [9.17, 15) is 0 Å². The minimum atomic E-state index is 0.573. The second kappa shape index (κ2) is 8.57. The van der Waals surface area contributed by atoms with Crippen molar-refractivity contribution in [1.29, 1.82) is 0 Å². The van der Waals surface area contributed by atoms with Crippen LogP contribution in [0.1, 0.15) is 77.5 Å². The first-order valence-electron chi connectivity index (χ1n) is 9.04. The Labute approximate surface area is 130 Å². The summed E-state index contributed by atoms with van der Waals surface area (Å²) in [6.45, 7) is 7.92. The molecule has 0 spiro atoms. The predicted octanol–water partition coefficient (Wildman–Crippen LogP) is 4.35. The van der Waals surface area contributed by atoms with Crippen LogP contribution in [0.25, 0.3) is 0 Å². The second-order valence-corrected chi connectivity index (χ2v) is 6.65. The van der Waals surface area contributed by atoms with Crippen LogP contribution in [-0.2, 0) is 6.42 Å². The molecule has 3 heteroatoms. The fourth-order valence-corrected chi connectivity index (χ4v) is 3.66. The van der Waals surface area contributed by atoms with Crippen molar-refractivity contribution in [3.8, 4) is 0 Å². The first-order chi connectivity index (χ1) is 10.3. The number of rotatable bonds is 8. The molecule has 2 atom stereocenters. The van der Waals surface area contributed by atoms with Crippen molar-refractivity contribution < 1.29 is 0 Å². The van der Waals surface area contributed by atoms with Crippen molar-refractivity contribution in [1.82, 2.24) is 15.1 Å². The van der Waals surface area contributed by atoms with Gasteiger partial charge in [0.05, 0.1) is 11.7 Å². The Morgan fingerprint density at radius 3 is 2.81 bits per heavy atom. The molecular formula is C18H33N3. The van der Waals surface area contributed by atoms with Crippen LogP contribution in [0.5, 0.6) is 0 Å². The zero-order valence-electron chi connectivity index (χ0n) is 14.1. The molecule has 1 aliphatic carbocycles. The molecule has 3 nitrogen and oxygen atoms in total. The van der Waals surface area contributed by atoms with Gasteiger partial charge in [0.25, 0.3) is 0 Å². The standard InChI is InChI=1S/C18H33N3/c1-4-11-19-16-9-7-8-15(13-16)14-17-10-12-21(20-17)18(5-2)6-3/h10,12,15-16,18-19H,4-9,11,13-14H2,1-3H3. The van der Waals surface area contributed by atoms with Gasteiger partial charge < -0.3 is 5.32 Å². The topological polar surface area (TPSA) is 29.9 Å². The Bertz CT molecular complexity index is 395. The summed E-state index contributed by atoms with van der Waals surface area (Å²) >= 11 is 0. The van der Waals surface area contributed by atoms with Crippen molar-refractivity contribution in [3.63, 3.8) is 0 Å². The summed E-state index contributed by atoms with van der Waals surface area (Å²) < 4.78 is 2.19. The van der Waals surface area contributed by atoms with Gasteiger partial charge >= 0.3 is 0 Å². The minimum Gasteiger partial charge on any atom is -0.314 e. The normalized spacial score (nSPS) is 22.9. The third-order valence-corrected chi connectivity index (χ3v) is 4.94. The molecule has 1 aromatic heterocycles. The number of hydrogen-bond donors (Lipinski definition) is 1. The zero-order chi connectivity index (χ0) is 15.1. The van der Waals surface area contributed by atoms with Crippen LogP contribution in [0.15, 0.2) is 12.3 Å². The van der Waals surface area contributed by atoms with E-state index in [4.69, 9.17) is 5.10 Å². The van der Waals surface area contributed by atoms with E-state index in [1.54, 1.807) is 0 Å². The highest BCUT2D eigenvalue weighted by Crippen LogP contribution is 2.27. The summed E-state index contributed by atoms with van der Waals surface area (Å²) in [5.41, 5.74) is 1.29. The van der Waals surface area contributed by atoms with Gasteiger partial charge in [-0.2, -0.15) is 5.10 Å². The number of nitrogens with zero attached hydrogens (tertiary/aromatic N) is 2. The average Bonchev–Trinajstić information content (AvgIpc) is 2.95. The van der Waals surface area contributed by atoms with E-state index in [1.165, 1.54) is 57.2 Å². The van der Waals surface area contributed by atoms with Crippen LogP contribution in [-0.4, -0.2) is 22.4 Å². The van der Waals surface area contributed by atoms with Gasteiger partial charge in [-0.1, -0.05) is 27.2 Å². The number of aromatic nitrogens is 2. The summed E-state index contributed by atoms with van der Waals surface area (Å²) in [6.07, 6.45) is 12.4. The molecule has 1 fully saturated rings. The Morgan fingerprint density at radius 2 is 2.10 bits per heavy atom. The monoisotopic (exact) mass is 291 g/mol. The highest BCUT2D eigenvalue weighted by Gasteiger charge is 2.22. The van der Waals surface area contributed by atoms with Crippen LogP contribution >= 0.6 is 0 Å². The number of nitrogens with one attached hydrogen (secondary N) is 1. The van der Waals surface area contributed by atoms with E-state index in [0.29, 0.717) is 6.04 Å². The van der Waals surface area contributed by atoms with Crippen molar-refractivity contribution in [3.05, 3.63) is 18.0 Å². The maximum absolute atomic E-state index is 4.83. The molecule has 1 saturated carbocycles. The molecule has 2 unspecified atom stereocenters. The molecular weight excluding hydrogens is 258 g/mol. The lowest BCUT2D eigenvalue weighted by Gasteiger charge is -2.29. The molecule has 0 bridgehead atoms. The van der Waals surface area contributed by atoms with Gasteiger partial charge in [0.15, 0.2) is 0 Å². The molecule has 0 aromatic carbocycles. The second-order valence-electron chi connectivity index (χ2n) is 6.65. The van der Waals surface area contributed by atoms with E-state index < -0.39 is 0 Å². The van der Waals surface area contributed by atoms with E-state index >= 15 is 0 Å². The van der Waals surface area contributed by atoms with Crippen LogP contribution < -0.4 is 5.32 Å². The van der Waals surface area contributed by atoms with Crippen LogP contribution in [0, 0.1) is 5.92 Å². The molecule has 2 rings (SSSR count). The number of hydrogen-bond acceptors (Lipinski definition) is 2. The van der Waals surface area contributed by atoms with Crippen molar-refractivity contribution in [2.45, 2.75) is 84.2 Å². The zero-order valence-corrected chi connectivity index (χ0v) is 14.1. The van der Waals surface area contributed by atoms with E-state index in [-0.39, 0.29) is 0 Å². The van der Waals surface area contributed by atoms with Crippen molar-refractivity contribution >= 4 is 0 Å². The third-order valence-electron chi connectivity index (χ3n) is 4.94. The smallest absolute Gasteiger partial charge is 0.0627 e. The molecule has 0 amide bonds. The first kappa shape index (κ1) is 16.5. The first-order valence-corrected chi connectivity index (χ1v) is 9.04. The third kappa shape index (κ3) is 4.84. The van der Waals surface area contributed by atoms with Gasteiger partial charge in [-0.15, -0.1) is 0 Å². The van der Waals surface area contributed by atoms with E-state index in [1.807, 2.05) is 0 Å². The minimum absolute atomic E-state index is 0.573. The summed E-state index contributed by atoms with van der Waals surface area (Å²) in [4.78, 5) is 0. The Kier molecular flexibility index (Phi) is 6.75. The van der Waals surface area contributed by atoms with Gasteiger partial charge in [-0.25, -0.2) is 0 Å². The van der Waals surface area contributed by atoms with Crippen LogP contribution in [0.3, 0.4) is 0 Å². The fraction of sp³-hybridized carbons (Fsp3) is 0.833. The van der Waals surface area contributed by atoms with Gasteiger partial charge in [0, 0.05) is 12.2 Å². The molecule has 0 saturated heterocycles. The largest absolute Gasteiger partial charge is 0.314 e. The Hall–Kier alpha value is -0.830. The Morgan fingerprint density at radius 1 is 1.29 bits per heavy atom. The van der Waals surface area contributed by atoms with Gasteiger partial charge in [-0.3, -0.25) is 4.68 Å². The average molecular weight is 291 g/mol. The van der Waals surface area contributed by atoms with Crippen molar-refractivity contribution in [2.75, 3.05) is 6.54 Å². The van der Waals surface area contributed by atoms with E-state index in [0.717, 1.165) is 18.4 Å². The molecule has 0 aliphatic heterocycles. The van der Waals surface area contributed by atoms with Crippen LogP contribution in [0.2, 0.25) is 0 Å². The van der Waals surface area contributed by atoms with Crippen molar-refractivity contribution in [2.24, 2.45) is 5.92 Å². The summed E-state index contributed by atoms with van der Waals surface area (Å²) in [7, 11) is 0. The highest BCUT2D eigenvalue weighted by atomic mass is 15.3. The lowest BCUT2D eigenvalue weighted by molar-refractivity contribution is 0.282. The molecule has 120 valence electrons. The van der Waals surface area contributed by atoms with Gasteiger partial charge in [0.2, 0.25) is 0 Å². The van der Waals surface area contributed by atoms with Crippen LogP contribution in [0.4, 0.5) is 0 Å². The maximum Gasteiger partial charge on any atom is 0.0627 e. The fourth-order valence-electron chi connectivity index (χ4n) is 3.66. The molecule has 0 radical (unpaired) electrons. The molecule has 1 aliphatic rings. The lowest BCUT2D eigenvalue weighted by atomic mass is 9.83. The highest BCUT2D eigenvalue weighted by molar-refractivity contribution is 5.02. The molecule has 21 heavy (non-hydrogen) atoms. The lowest BCUT2D eigenvalue weighted by Crippen LogP contribution is -2.35. The van der Waals surface area contributed by atoms with Gasteiger partial charge in [-0.05, 0) is 63.5 Å². The molecule has 1 aromatic rings. The summed E-state index contributed by atoms with van der Waals surface area (Å²) in [6, 6.07) is 3.55.